The molecule has 0 saturated carbocycles. The molecule has 1 heterocycles. The maximum Gasteiger partial charge on any atom is 0.0469 e. The number of nitrogens with two attached hydrogens (primary N) is 1. The Morgan fingerprint density at radius 1 is 1.54 bits per heavy atom. The predicted octanol–water partition coefficient (Wildman–Crippen LogP) is 0.658. The van der Waals surface area contributed by atoms with Gasteiger partial charge in [0.05, 0.1) is 0 Å². The van der Waals surface area contributed by atoms with Gasteiger partial charge in [0.1, 0.15) is 0 Å². The molecule has 3 N–H and O–H groups in total. The van der Waals surface area contributed by atoms with Gasteiger partial charge in [0, 0.05) is 25.7 Å². The third-order valence-electron chi connectivity index (χ3n) is 2.55. The Labute approximate surface area is 80.0 Å². The summed E-state index contributed by atoms with van der Waals surface area (Å²) in [6.45, 7) is 3.59. The van der Waals surface area contributed by atoms with Crippen molar-refractivity contribution in [1.82, 2.24) is 5.43 Å². The molecule has 0 bridgehead atoms. The molecule has 0 spiro atoms. The molecule has 3 heteroatoms. The standard InChI is InChI=1S/C10H18N2O/c1-2-3-4-10(12-11)9-5-7-13-8-6-9/h9-10,12H,4-8,11H2,1H3. The summed E-state index contributed by atoms with van der Waals surface area (Å²) in [6, 6.07) is 0.330. The topological polar surface area (TPSA) is 47.3 Å². The van der Waals surface area contributed by atoms with E-state index in [9.17, 15) is 0 Å². The second kappa shape index (κ2) is 5.98. The number of hydrazine groups is 1. The van der Waals surface area contributed by atoms with Crippen LogP contribution in [-0.4, -0.2) is 19.3 Å². The van der Waals surface area contributed by atoms with Crippen LogP contribution in [0.1, 0.15) is 26.2 Å². The van der Waals surface area contributed by atoms with Gasteiger partial charge in [-0.1, -0.05) is 0 Å². The first kappa shape index (κ1) is 10.5. The zero-order chi connectivity index (χ0) is 9.52. The van der Waals surface area contributed by atoms with E-state index in [-0.39, 0.29) is 0 Å². The minimum atomic E-state index is 0.330. The SMILES string of the molecule is CC#CCC(NN)C1CCOCC1. The average molecular weight is 182 g/mol. The molecule has 1 fully saturated rings. The van der Waals surface area contributed by atoms with E-state index in [0.29, 0.717) is 12.0 Å². The highest BCUT2D eigenvalue weighted by atomic mass is 16.5. The van der Waals surface area contributed by atoms with Crippen LogP contribution in [0, 0.1) is 17.8 Å². The van der Waals surface area contributed by atoms with Gasteiger partial charge in [-0.2, -0.15) is 0 Å². The van der Waals surface area contributed by atoms with Crippen molar-refractivity contribution in [3.8, 4) is 11.8 Å². The smallest absolute Gasteiger partial charge is 0.0469 e. The van der Waals surface area contributed by atoms with Crippen molar-refractivity contribution in [2.45, 2.75) is 32.2 Å². The molecule has 0 aromatic rings. The predicted molar refractivity (Wildman–Crippen MR) is 52.7 cm³/mol. The van der Waals surface area contributed by atoms with E-state index in [1.165, 1.54) is 0 Å². The monoisotopic (exact) mass is 182 g/mol. The molecule has 0 aromatic heterocycles. The van der Waals surface area contributed by atoms with Gasteiger partial charge in [-0.05, 0) is 25.7 Å². The first-order valence-electron chi connectivity index (χ1n) is 4.82. The largest absolute Gasteiger partial charge is 0.381 e. The molecule has 1 aliphatic heterocycles. The van der Waals surface area contributed by atoms with Crippen molar-refractivity contribution < 1.29 is 4.74 Å². The Hall–Kier alpha value is -0.560. The van der Waals surface area contributed by atoms with Gasteiger partial charge in [-0.3, -0.25) is 11.3 Å². The van der Waals surface area contributed by atoms with Gasteiger partial charge in [0.2, 0.25) is 0 Å². The minimum absolute atomic E-state index is 0.330. The Kier molecular flexibility index (Phi) is 4.84. The minimum Gasteiger partial charge on any atom is -0.381 e. The van der Waals surface area contributed by atoms with Gasteiger partial charge < -0.3 is 4.74 Å². The van der Waals surface area contributed by atoms with Crippen LogP contribution in [0.5, 0.6) is 0 Å². The van der Waals surface area contributed by atoms with E-state index < -0.39 is 0 Å². The summed E-state index contributed by atoms with van der Waals surface area (Å²) in [5.74, 6) is 12.1. The molecule has 1 atom stereocenters. The molecule has 3 nitrogen and oxygen atoms in total. The second-order valence-corrected chi connectivity index (χ2v) is 3.35. The van der Waals surface area contributed by atoms with Gasteiger partial charge in [0.15, 0.2) is 0 Å². The third kappa shape index (κ3) is 3.35. The molecule has 74 valence electrons. The Balaban J connectivity index is 2.37. The molecule has 1 aliphatic rings. The van der Waals surface area contributed by atoms with Gasteiger partial charge in [-0.15, -0.1) is 11.8 Å². The van der Waals surface area contributed by atoms with E-state index in [1.807, 2.05) is 6.92 Å². The molecule has 13 heavy (non-hydrogen) atoms. The molecule has 0 aliphatic carbocycles. The quantitative estimate of drug-likeness (QED) is 0.383. The van der Waals surface area contributed by atoms with Crippen molar-refractivity contribution in [2.24, 2.45) is 11.8 Å². The van der Waals surface area contributed by atoms with E-state index in [4.69, 9.17) is 10.6 Å². The fraction of sp³-hybridized carbons (Fsp3) is 0.800. The summed E-state index contributed by atoms with van der Waals surface area (Å²) in [5.41, 5.74) is 2.85. The number of rotatable bonds is 3. The van der Waals surface area contributed by atoms with Crippen molar-refractivity contribution in [3.05, 3.63) is 0 Å². The number of hydrogen-bond donors (Lipinski definition) is 2. The van der Waals surface area contributed by atoms with Crippen molar-refractivity contribution in [3.63, 3.8) is 0 Å². The first-order valence-corrected chi connectivity index (χ1v) is 4.82. The summed E-state index contributed by atoms with van der Waals surface area (Å²) in [5, 5.41) is 0. The number of hydrogen-bond acceptors (Lipinski definition) is 3. The zero-order valence-corrected chi connectivity index (χ0v) is 8.18. The van der Waals surface area contributed by atoms with Crippen molar-refractivity contribution in [1.29, 1.82) is 0 Å². The third-order valence-corrected chi connectivity index (χ3v) is 2.55. The Morgan fingerprint density at radius 2 is 2.23 bits per heavy atom. The van der Waals surface area contributed by atoms with Gasteiger partial charge in [0.25, 0.3) is 0 Å². The average Bonchev–Trinajstić information content (AvgIpc) is 2.21. The van der Waals surface area contributed by atoms with Crippen molar-refractivity contribution >= 4 is 0 Å². The highest BCUT2D eigenvalue weighted by Gasteiger charge is 2.21. The van der Waals surface area contributed by atoms with E-state index in [0.717, 1.165) is 32.5 Å². The highest BCUT2D eigenvalue weighted by Crippen LogP contribution is 2.19. The highest BCUT2D eigenvalue weighted by molar-refractivity contribution is 4.99. The fourth-order valence-electron chi connectivity index (χ4n) is 1.69. The van der Waals surface area contributed by atoms with Crippen LogP contribution in [0.3, 0.4) is 0 Å². The van der Waals surface area contributed by atoms with Crippen LogP contribution in [0.15, 0.2) is 0 Å². The molecule has 0 amide bonds. The summed E-state index contributed by atoms with van der Waals surface area (Å²) in [4.78, 5) is 0. The summed E-state index contributed by atoms with van der Waals surface area (Å²) >= 11 is 0. The number of ether oxygens (including phenoxy) is 1. The lowest BCUT2D eigenvalue weighted by atomic mass is 9.90. The molecule has 1 unspecified atom stereocenters. The summed E-state index contributed by atoms with van der Waals surface area (Å²) < 4.78 is 5.29. The van der Waals surface area contributed by atoms with E-state index in [2.05, 4.69) is 17.3 Å². The first-order chi connectivity index (χ1) is 6.38. The van der Waals surface area contributed by atoms with Crippen LogP contribution < -0.4 is 11.3 Å². The number of nitrogens with one attached hydrogen (secondary N) is 1. The fourth-order valence-corrected chi connectivity index (χ4v) is 1.69. The van der Waals surface area contributed by atoms with Crippen molar-refractivity contribution in [2.75, 3.05) is 13.2 Å². The Morgan fingerprint density at radius 3 is 2.77 bits per heavy atom. The molecule has 0 aromatic carbocycles. The molecule has 0 radical (unpaired) electrons. The Bertz CT molecular complexity index is 189. The lowest BCUT2D eigenvalue weighted by molar-refractivity contribution is 0.0544. The van der Waals surface area contributed by atoms with Gasteiger partial charge >= 0.3 is 0 Å². The zero-order valence-electron chi connectivity index (χ0n) is 8.18. The molecular weight excluding hydrogens is 164 g/mol. The van der Waals surface area contributed by atoms with Crippen LogP contribution in [0.4, 0.5) is 0 Å². The maximum absolute atomic E-state index is 5.49. The van der Waals surface area contributed by atoms with E-state index >= 15 is 0 Å². The van der Waals surface area contributed by atoms with Gasteiger partial charge in [-0.25, -0.2) is 0 Å². The summed E-state index contributed by atoms with van der Waals surface area (Å²) in [6.07, 6.45) is 3.04. The van der Waals surface area contributed by atoms with E-state index in [1.54, 1.807) is 0 Å². The van der Waals surface area contributed by atoms with Crippen LogP contribution in [0.25, 0.3) is 0 Å². The maximum atomic E-state index is 5.49. The van der Waals surface area contributed by atoms with Crippen LogP contribution >= 0.6 is 0 Å². The second-order valence-electron chi connectivity index (χ2n) is 3.35. The lowest BCUT2D eigenvalue weighted by Gasteiger charge is -2.28. The molecular formula is C10H18N2O. The molecule has 1 saturated heterocycles. The van der Waals surface area contributed by atoms with Crippen LogP contribution in [0.2, 0.25) is 0 Å². The molecule has 1 rings (SSSR count). The lowest BCUT2D eigenvalue weighted by Crippen LogP contribution is -2.42. The normalized spacial score (nSPS) is 20.5. The summed E-state index contributed by atoms with van der Waals surface area (Å²) in [7, 11) is 0. The van der Waals surface area contributed by atoms with Crippen LogP contribution in [-0.2, 0) is 4.74 Å².